The first kappa shape index (κ1) is 26.7. The lowest BCUT2D eigenvalue weighted by molar-refractivity contribution is -0.156. The Bertz CT molecular complexity index is 409. The molecule has 4 nitrogen and oxygen atoms in total. The summed E-state index contributed by atoms with van der Waals surface area (Å²) in [6.07, 6.45) is 8.73. The number of esters is 2. The van der Waals surface area contributed by atoms with E-state index in [4.69, 9.17) is 9.47 Å². The van der Waals surface area contributed by atoms with E-state index < -0.39 is 0 Å². The number of carbonyl (C=O) groups is 2. The summed E-state index contributed by atoms with van der Waals surface area (Å²) in [7, 11) is 0. The molecule has 0 bridgehead atoms. The van der Waals surface area contributed by atoms with Crippen LogP contribution in [0.1, 0.15) is 86.0 Å². The number of hydrogen-bond acceptors (Lipinski definition) is 4. The predicted molar refractivity (Wildman–Crippen MR) is 120 cm³/mol. The van der Waals surface area contributed by atoms with Crippen LogP contribution in [0.4, 0.5) is 0 Å². The quantitative estimate of drug-likeness (QED) is 0.265. The SMILES string of the molecule is CCOC(=O)C1(C)CCC(C)CC1.CCOC(=O)C1CCC(C)CC1.CI. The molecule has 0 N–H and O–H groups in total. The molecule has 0 heterocycles. The Morgan fingerprint density at radius 1 is 0.852 bits per heavy atom. The van der Waals surface area contributed by atoms with E-state index in [-0.39, 0.29) is 23.3 Å². The average Bonchev–Trinajstić information content (AvgIpc) is 2.67. The number of carbonyl (C=O) groups excluding carboxylic acids is 2. The molecule has 0 spiro atoms. The monoisotopic (exact) mass is 496 g/mol. The van der Waals surface area contributed by atoms with Gasteiger partial charge in [-0.3, -0.25) is 9.59 Å². The van der Waals surface area contributed by atoms with E-state index in [1.54, 1.807) is 0 Å². The number of alkyl halides is 1. The second-order valence-electron chi connectivity index (χ2n) is 8.17. The highest BCUT2D eigenvalue weighted by Crippen LogP contribution is 2.39. The molecule has 0 saturated heterocycles. The van der Waals surface area contributed by atoms with Crippen molar-refractivity contribution < 1.29 is 19.1 Å². The second-order valence-corrected chi connectivity index (χ2v) is 8.17. The molecule has 2 aliphatic rings. The van der Waals surface area contributed by atoms with E-state index >= 15 is 0 Å². The molecule has 2 fully saturated rings. The molecule has 5 heteroatoms. The zero-order valence-electron chi connectivity index (χ0n) is 18.3. The van der Waals surface area contributed by atoms with Crippen LogP contribution in [-0.2, 0) is 19.1 Å². The summed E-state index contributed by atoms with van der Waals surface area (Å²) in [5, 5.41) is 0. The Labute approximate surface area is 180 Å². The summed E-state index contributed by atoms with van der Waals surface area (Å²) in [6, 6.07) is 0. The molecule has 2 aliphatic carbocycles. The zero-order valence-corrected chi connectivity index (χ0v) is 20.5. The highest BCUT2D eigenvalue weighted by Gasteiger charge is 2.37. The van der Waals surface area contributed by atoms with Crippen LogP contribution in [0.2, 0.25) is 0 Å². The average molecular weight is 496 g/mol. The molecule has 0 atom stereocenters. The van der Waals surface area contributed by atoms with Crippen LogP contribution in [-0.4, -0.2) is 30.1 Å². The van der Waals surface area contributed by atoms with Crippen LogP contribution in [0.3, 0.4) is 0 Å². The van der Waals surface area contributed by atoms with Crippen molar-refractivity contribution in [2.24, 2.45) is 23.2 Å². The first-order valence-electron chi connectivity index (χ1n) is 10.5. The number of rotatable bonds is 4. The Hall–Kier alpha value is -0.330. The van der Waals surface area contributed by atoms with Crippen molar-refractivity contribution in [2.45, 2.75) is 86.0 Å². The molecule has 0 aromatic carbocycles. The maximum atomic E-state index is 11.6. The van der Waals surface area contributed by atoms with Crippen LogP contribution in [0, 0.1) is 23.2 Å². The van der Waals surface area contributed by atoms with Crippen molar-refractivity contribution in [1.29, 1.82) is 0 Å². The van der Waals surface area contributed by atoms with Gasteiger partial charge in [0, 0.05) is 0 Å². The molecular formula is C22H41IO4. The Morgan fingerprint density at radius 2 is 1.30 bits per heavy atom. The van der Waals surface area contributed by atoms with Gasteiger partial charge < -0.3 is 9.47 Å². The minimum Gasteiger partial charge on any atom is -0.466 e. The van der Waals surface area contributed by atoms with E-state index in [0.29, 0.717) is 13.2 Å². The van der Waals surface area contributed by atoms with Crippen molar-refractivity contribution in [3.8, 4) is 0 Å². The number of halogens is 1. The van der Waals surface area contributed by atoms with E-state index in [2.05, 4.69) is 36.4 Å². The third kappa shape index (κ3) is 10.1. The molecule has 0 aromatic heterocycles. The van der Waals surface area contributed by atoms with Crippen molar-refractivity contribution in [1.82, 2.24) is 0 Å². The molecule has 2 rings (SSSR count). The smallest absolute Gasteiger partial charge is 0.311 e. The summed E-state index contributed by atoms with van der Waals surface area (Å²) in [4.78, 5) is 24.9. The minimum atomic E-state index is -0.192. The molecule has 27 heavy (non-hydrogen) atoms. The fraction of sp³-hybridized carbons (Fsp3) is 0.909. The van der Waals surface area contributed by atoms with Gasteiger partial charge in [0.2, 0.25) is 0 Å². The van der Waals surface area contributed by atoms with Crippen LogP contribution in [0.25, 0.3) is 0 Å². The molecule has 0 aromatic rings. The largest absolute Gasteiger partial charge is 0.466 e. The molecule has 160 valence electrons. The maximum Gasteiger partial charge on any atom is 0.311 e. The summed E-state index contributed by atoms with van der Waals surface area (Å²) in [6.45, 7) is 11.3. The Morgan fingerprint density at radius 3 is 1.74 bits per heavy atom. The number of hydrogen-bond donors (Lipinski definition) is 0. The summed E-state index contributed by atoms with van der Waals surface area (Å²) >= 11 is 2.15. The molecule has 0 aliphatic heterocycles. The normalized spacial score (nSPS) is 30.0. The van der Waals surface area contributed by atoms with E-state index in [9.17, 15) is 9.59 Å². The summed E-state index contributed by atoms with van der Waals surface area (Å²) in [5.41, 5.74) is -0.192. The fourth-order valence-corrected chi connectivity index (χ4v) is 3.66. The van der Waals surface area contributed by atoms with Crippen LogP contribution < -0.4 is 0 Å². The standard InChI is InChI=1S/C11H20O2.C10H18O2.CH3I/c1-4-13-10(12)11(3)7-5-9(2)6-8-11;1-3-12-10(11)9-6-4-8(2)5-7-9;1-2/h9H,4-8H2,1-3H3;8-9H,3-7H2,1-2H3;1H3. The lowest BCUT2D eigenvalue weighted by atomic mass is 9.72. The van der Waals surface area contributed by atoms with Crippen molar-refractivity contribution in [3.63, 3.8) is 0 Å². The third-order valence-electron chi connectivity index (χ3n) is 5.78. The van der Waals surface area contributed by atoms with Crippen molar-refractivity contribution in [2.75, 3.05) is 18.1 Å². The highest BCUT2D eigenvalue weighted by atomic mass is 127. The molecule has 2 saturated carbocycles. The van der Waals surface area contributed by atoms with Gasteiger partial charge in [-0.1, -0.05) is 36.4 Å². The van der Waals surface area contributed by atoms with Gasteiger partial charge in [-0.15, -0.1) is 0 Å². The minimum absolute atomic E-state index is 0.00176. The molecule has 0 unspecified atom stereocenters. The predicted octanol–water partition coefficient (Wildman–Crippen LogP) is 6.19. The lowest BCUT2D eigenvalue weighted by Crippen LogP contribution is -2.33. The third-order valence-corrected chi connectivity index (χ3v) is 5.78. The van der Waals surface area contributed by atoms with Crippen LogP contribution in [0.15, 0.2) is 0 Å². The van der Waals surface area contributed by atoms with E-state index in [0.717, 1.165) is 50.4 Å². The highest BCUT2D eigenvalue weighted by molar-refractivity contribution is 14.1. The van der Waals surface area contributed by atoms with Crippen LogP contribution >= 0.6 is 22.6 Å². The van der Waals surface area contributed by atoms with E-state index in [1.165, 1.54) is 12.8 Å². The topological polar surface area (TPSA) is 52.6 Å². The van der Waals surface area contributed by atoms with E-state index in [1.807, 2.05) is 25.7 Å². The molecule has 0 amide bonds. The Kier molecular flexibility index (Phi) is 14.5. The maximum absolute atomic E-state index is 11.6. The first-order valence-corrected chi connectivity index (χ1v) is 12.7. The lowest BCUT2D eigenvalue weighted by Gasteiger charge is -2.33. The second kappa shape index (κ2) is 14.6. The van der Waals surface area contributed by atoms with Gasteiger partial charge >= 0.3 is 11.9 Å². The molecular weight excluding hydrogens is 455 g/mol. The summed E-state index contributed by atoms with van der Waals surface area (Å²) < 4.78 is 10.1. The van der Waals surface area contributed by atoms with Gasteiger partial charge in [0.15, 0.2) is 0 Å². The van der Waals surface area contributed by atoms with Crippen molar-refractivity contribution >= 4 is 34.5 Å². The number of ether oxygens (including phenoxy) is 2. The van der Waals surface area contributed by atoms with Gasteiger partial charge in [0.1, 0.15) is 0 Å². The Balaban J connectivity index is 0.000000460. The fourth-order valence-electron chi connectivity index (χ4n) is 3.66. The van der Waals surface area contributed by atoms with Crippen LogP contribution in [0.5, 0.6) is 0 Å². The first-order chi connectivity index (χ1) is 12.8. The van der Waals surface area contributed by atoms with Gasteiger partial charge in [-0.05, 0) is 88.9 Å². The molecule has 0 radical (unpaired) electrons. The van der Waals surface area contributed by atoms with Gasteiger partial charge in [0.05, 0.1) is 24.5 Å². The summed E-state index contributed by atoms with van der Waals surface area (Å²) in [5.74, 6) is 1.80. The van der Waals surface area contributed by atoms with Gasteiger partial charge in [-0.2, -0.15) is 0 Å². The van der Waals surface area contributed by atoms with Crippen molar-refractivity contribution in [3.05, 3.63) is 0 Å². The van der Waals surface area contributed by atoms with Gasteiger partial charge in [0.25, 0.3) is 0 Å². The van der Waals surface area contributed by atoms with Gasteiger partial charge in [-0.25, -0.2) is 0 Å². The zero-order chi connectivity index (χ0) is 20.9.